The minimum atomic E-state index is -0.0802. The van der Waals surface area contributed by atoms with E-state index in [0.29, 0.717) is 16.6 Å². The summed E-state index contributed by atoms with van der Waals surface area (Å²) in [6.45, 7) is 1.98. The quantitative estimate of drug-likeness (QED) is 0.530. The van der Waals surface area contributed by atoms with Crippen LogP contribution in [0.25, 0.3) is 11.3 Å². The average molecular weight is 349 g/mol. The molecule has 0 aliphatic carbocycles. The SMILES string of the molecule is Cc1ccn2c(=O)cc(CSc3ncn(-c4ccccc4)n3)nc2c1. The summed E-state index contributed by atoms with van der Waals surface area (Å²) in [5, 5.41) is 5.10. The lowest BCUT2D eigenvalue weighted by Crippen LogP contribution is -2.15. The standard InChI is InChI=1S/C18H15N5OS/c1-13-7-8-22-16(9-13)20-14(10-17(22)24)11-25-18-19-12-23(21-18)15-5-3-2-4-6-15/h2-10,12H,11H2,1H3. The first-order valence-electron chi connectivity index (χ1n) is 7.78. The second-order valence-corrected chi connectivity index (χ2v) is 6.56. The van der Waals surface area contributed by atoms with Gasteiger partial charge in [0, 0.05) is 18.0 Å². The molecule has 6 nitrogen and oxygen atoms in total. The molecule has 0 bridgehead atoms. The van der Waals surface area contributed by atoms with Crippen molar-refractivity contribution >= 4 is 17.4 Å². The van der Waals surface area contributed by atoms with Gasteiger partial charge < -0.3 is 0 Å². The summed E-state index contributed by atoms with van der Waals surface area (Å²) >= 11 is 1.46. The van der Waals surface area contributed by atoms with E-state index in [9.17, 15) is 4.79 Å². The Morgan fingerprint density at radius 3 is 2.80 bits per heavy atom. The maximum atomic E-state index is 12.2. The third-order valence-corrected chi connectivity index (χ3v) is 4.60. The first-order chi connectivity index (χ1) is 12.2. The Morgan fingerprint density at radius 2 is 1.96 bits per heavy atom. The lowest BCUT2D eigenvalue weighted by molar-refractivity contribution is 0.834. The summed E-state index contributed by atoms with van der Waals surface area (Å²) in [5.74, 6) is 0.540. The van der Waals surface area contributed by atoms with Crippen LogP contribution in [0.2, 0.25) is 0 Å². The summed E-state index contributed by atoms with van der Waals surface area (Å²) in [4.78, 5) is 21.1. The molecule has 0 radical (unpaired) electrons. The summed E-state index contributed by atoms with van der Waals surface area (Å²) in [6, 6.07) is 15.2. The number of benzene rings is 1. The van der Waals surface area contributed by atoms with Crippen molar-refractivity contribution in [1.82, 2.24) is 24.1 Å². The van der Waals surface area contributed by atoms with Crippen molar-refractivity contribution in [1.29, 1.82) is 0 Å². The van der Waals surface area contributed by atoms with Gasteiger partial charge in [0.25, 0.3) is 5.56 Å². The molecule has 25 heavy (non-hydrogen) atoms. The van der Waals surface area contributed by atoms with Gasteiger partial charge >= 0.3 is 0 Å². The number of aromatic nitrogens is 5. The number of hydrogen-bond acceptors (Lipinski definition) is 5. The number of fused-ring (bicyclic) bond motifs is 1. The molecule has 0 aliphatic heterocycles. The van der Waals surface area contributed by atoms with Gasteiger partial charge in [0.1, 0.15) is 12.0 Å². The molecule has 124 valence electrons. The number of thioether (sulfide) groups is 1. The number of rotatable bonds is 4. The Hall–Kier alpha value is -2.93. The van der Waals surface area contributed by atoms with E-state index in [1.807, 2.05) is 49.4 Å². The molecule has 4 aromatic rings. The van der Waals surface area contributed by atoms with Crippen LogP contribution in [0.15, 0.2) is 71.0 Å². The van der Waals surface area contributed by atoms with Crippen LogP contribution >= 0.6 is 11.8 Å². The molecular formula is C18H15N5OS. The third-order valence-electron chi connectivity index (χ3n) is 3.72. The first kappa shape index (κ1) is 15.6. The maximum absolute atomic E-state index is 12.2. The van der Waals surface area contributed by atoms with Gasteiger partial charge in [-0.25, -0.2) is 14.6 Å². The van der Waals surface area contributed by atoms with Gasteiger partial charge in [-0.1, -0.05) is 30.0 Å². The van der Waals surface area contributed by atoms with Crippen LogP contribution in [-0.4, -0.2) is 24.1 Å². The van der Waals surface area contributed by atoms with Crippen molar-refractivity contribution in [3.8, 4) is 5.69 Å². The molecule has 1 aromatic carbocycles. The van der Waals surface area contributed by atoms with Crippen LogP contribution in [0, 0.1) is 6.92 Å². The fraction of sp³-hybridized carbons (Fsp3) is 0.111. The van der Waals surface area contributed by atoms with E-state index in [-0.39, 0.29) is 5.56 Å². The lowest BCUT2D eigenvalue weighted by Gasteiger charge is -2.04. The number of aryl methyl sites for hydroxylation is 1. The van der Waals surface area contributed by atoms with Crippen LogP contribution in [0.3, 0.4) is 0 Å². The zero-order valence-corrected chi connectivity index (χ0v) is 14.3. The van der Waals surface area contributed by atoms with E-state index < -0.39 is 0 Å². The van der Waals surface area contributed by atoms with Crippen LogP contribution in [0.1, 0.15) is 11.3 Å². The molecule has 7 heteroatoms. The molecule has 3 aromatic heterocycles. The highest BCUT2D eigenvalue weighted by Crippen LogP contribution is 2.18. The highest BCUT2D eigenvalue weighted by Gasteiger charge is 2.07. The van der Waals surface area contributed by atoms with Crippen molar-refractivity contribution in [2.75, 3.05) is 0 Å². The largest absolute Gasteiger partial charge is 0.269 e. The van der Waals surface area contributed by atoms with Gasteiger partial charge in [-0.15, -0.1) is 5.10 Å². The summed E-state index contributed by atoms with van der Waals surface area (Å²) in [6.07, 6.45) is 3.43. The Labute approximate surface area is 148 Å². The lowest BCUT2D eigenvalue weighted by atomic mass is 10.3. The Morgan fingerprint density at radius 1 is 1.12 bits per heavy atom. The molecule has 4 rings (SSSR count). The van der Waals surface area contributed by atoms with Crippen LogP contribution < -0.4 is 5.56 Å². The van der Waals surface area contributed by atoms with Gasteiger partial charge in [-0.3, -0.25) is 9.20 Å². The molecule has 0 saturated heterocycles. The predicted octanol–water partition coefficient (Wildman–Crippen LogP) is 2.88. The van der Waals surface area contributed by atoms with E-state index in [0.717, 1.165) is 16.9 Å². The molecule has 0 aliphatic rings. The molecule has 0 unspecified atom stereocenters. The molecule has 3 heterocycles. The maximum Gasteiger partial charge on any atom is 0.258 e. The van der Waals surface area contributed by atoms with E-state index in [2.05, 4.69) is 15.1 Å². The smallest absolute Gasteiger partial charge is 0.258 e. The van der Waals surface area contributed by atoms with Gasteiger partial charge in [0.05, 0.1) is 11.4 Å². The average Bonchev–Trinajstić information content (AvgIpc) is 3.09. The molecule has 0 amide bonds. The Balaban J connectivity index is 1.55. The summed E-state index contributed by atoms with van der Waals surface area (Å²) < 4.78 is 3.28. The fourth-order valence-electron chi connectivity index (χ4n) is 2.49. The summed E-state index contributed by atoms with van der Waals surface area (Å²) in [7, 11) is 0. The molecular weight excluding hydrogens is 334 g/mol. The van der Waals surface area contributed by atoms with Crippen LogP contribution in [-0.2, 0) is 5.75 Å². The molecule has 0 fully saturated rings. The van der Waals surface area contributed by atoms with Crippen molar-refractivity contribution in [3.63, 3.8) is 0 Å². The molecule has 0 spiro atoms. The minimum absolute atomic E-state index is 0.0802. The molecule has 0 saturated carbocycles. The van der Waals surface area contributed by atoms with Crippen LogP contribution in [0.4, 0.5) is 0 Å². The highest BCUT2D eigenvalue weighted by atomic mass is 32.2. The minimum Gasteiger partial charge on any atom is -0.269 e. The zero-order valence-electron chi connectivity index (χ0n) is 13.5. The van der Waals surface area contributed by atoms with E-state index >= 15 is 0 Å². The Kier molecular flexibility index (Phi) is 4.07. The van der Waals surface area contributed by atoms with Gasteiger partial charge in [0.15, 0.2) is 0 Å². The van der Waals surface area contributed by atoms with Gasteiger partial charge in [0.2, 0.25) is 5.16 Å². The highest BCUT2D eigenvalue weighted by molar-refractivity contribution is 7.98. The topological polar surface area (TPSA) is 65.1 Å². The normalized spacial score (nSPS) is 11.1. The van der Waals surface area contributed by atoms with Crippen molar-refractivity contribution in [3.05, 3.63) is 82.7 Å². The second kappa shape index (κ2) is 6.52. The third kappa shape index (κ3) is 3.32. The van der Waals surface area contributed by atoms with Crippen LogP contribution in [0.5, 0.6) is 0 Å². The number of nitrogens with zero attached hydrogens (tertiary/aromatic N) is 5. The van der Waals surface area contributed by atoms with Crippen molar-refractivity contribution in [2.45, 2.75) is 17.8 Å². The number of para-hydroxylation sites is 1. The zero-order chi connectivity index (χ0) is 17.2. The molecule has 0 N–H and O–H groups in total. The van der Waals surface area contributed by atoms with E-state index in [1.165, 1.54) is 11.8 Å². The number of pyridine rings is 1. The fourth-order valence-corrected chi connectivity index (χ4v) is 3.18. The predicted molar refractivity (Wildman–Crippen MR) is 97.1 cm³/mol. The second-order valence-electron chi connectivity index (χ2n) is 5.61. The number of hydrogen-bond donors (Lipinski definition) is 0. The summed E-state index contributed by atoms with van der Waals surface area (Å²) in [5.41, 5.74) is 3.32. The van der Waals surface area contributed by atoms with Crippen molar-refractivity contribution < 1.29 is 0 Å². The Bertz CT molecular complexity index is 1090. The van der Waals surface area contributed by atoms with Gasteiger partial charge in [-0.2, -0.15) is 0 Å². The van der Waals surface area contributed by atoms with E-state index in [1.54, 1.807) is 27.7 Å². The van der Waals surface area contributed by atoms with E-state index in [4.69, 9.17) is 0 Å². The monoisotopic (exact) mass is 349 g/mol. The van der Waals surface area contributed by atoms with Gasteiger partial charge in [-0.05, 0) is 36.8 Å². The van der Waals surface area contributed by atoms with Crippen molar-refractivity contribution in [2.24, 2.45) is 0 Å². The molecule has 0 atom stereocenters. The first-order valence-corrected chi connectivity index (χ1v) is 8.76.